The van der Waals surface area contributed by atoms with Crippen LogP contribution in [0.1, 0.15) is 5.56 Å². The maximum atomic E-state index is 12.1. The number of hydrogen-bond acceptors (Lipinski definition) is 4. The van der Waals surface area contributed by atoms with E-state index in [2.05, 4.69) is 4.72 Å². The molecule has 0 atom stereocenters. The van der Waals surface area contributed by atoms with Gasteiger partial charge in [0.05, 0.1) is 4.90 Å². The van der Waals surface area contributed by atoms with Gasteiger partial charge in [0, 0.05) is 11.6 Å². The molecular weight excluding hydrogens is 312 g/mol. The fourth-order valence-corrected chi connectivity index (χ4v) is 3.02. The minimum atomic E-state index is -3.64. The van der Waals surface area contributed by atoms with Gasteiger partial charge in [0.25, 0.3) is 0 Å². The van der Waals surface area contributed by atoms with Gasteiger partial charge in [-0.15, -0.1) is 0 Å². The Bertz CT molecular complexity index is 719. The lowest BCUT2D eigenvalue weighted by molar-refractivity contribution is 0.426. The third-order valence-electron chi connectivity index (χ3n) is 2.85. The van der Waals surface area contributed by atoms with E-state index in [9.17, 15) is 8.42 Å². The first kappa shape index (κ1) is 16.0. The molecule has 8 heteroatoms. The van der Waals surface area contributed by atoms with Crippen LogP contribution in [0.5, 0.6) is 0 Å². The molecule has 0 fully saturated rings. The van der Waals surface area contributed by atoms with Gasteiger partial charge in [-0.25, -0.2) is 13.1 Å². The minimum absolute atomic E-state index is 0.0939. The predicted octanol–water partition coefficient (Wildman–Crippen LogP) is 0.498. The Morgan fingerprint density at radius 3 is 2.33 bits per heavy atom. The molecule has 2 aromatic rings. The SMILES string of the molecule is O=S(=O)(NCc1ccc(B(O)O)cc1)c1cccc(Cl)c1. The van der Waals surface area contributed by atoms with E-state index < -0.39 is 17.1 Å². The van der Waals surface area contributed by atoms with Gasteiger partial charge in [-0.2, -0.15) is 0 Å². The largest absolute Gasteiger partial charge is 0.488 e. The first-order valence-electron chi connectivity index (χ1n) is 6.09. The second kappa shape index (κ2) is 6.59. The van der Waals surface area contributed by atoms with Gasteiger partial charge in [0.1, 0.15) is 0 Å². The molecule has 2 rings (SSSR count). The quantitative estimate of drug-likeness (QED) is 0.699. The highest BCUT2D eigenvalue weighted by atomic mass is 35.5. The van der Waals surface area contributed by atoms with Gasteiger partial charge in [-0.1, -0.05) is 41.9 Å². The van der Waals surface area contributed by atoms with Crippen LogP contribution in [0, 0.1) is 0 Å². The molecule has 0 aromatic heterocycles. The van der Waals surface area contributed by atoms with Gasteiger partial charge in [0.2, 0.25) is 10.0 Å². The second-order valence-corrected chi connectivity index (χ2v) is 6.60. The van der Waals surface area contributed by atoms with Gasteiger partial charge >= 0.3 is 7.12 Å². The highest BCUT2D eigenvalue weighted by molar-refractivity contribution is 7.89. The summed E-state index contributed by atoms with van der Waals surface area (Å²) in [6.07, 6.45) is 0. The van der Waals surface area contributed by atoms with Crippen molar-refractivity contribution in [2.24, 2.45) is 0 Å². The number of halogens is 1. The van der Waals surface area contributed by atoms with Crippen LogP contribution in [0.15, 0.2) is 53.4 Å². The average Bonchev–Trinajstić information content (AvgIpc) is 2.45. The molecule has 5 nitrogen and oxygen atoms in total. The van der Waals surface area contributed by atoms with Gasteiger partial charge in [0.15, 0.2) is 0 Å². The van der Waals surface area contributed by atoms with Crippen LogP contribution >= 0.6 is 11.6 Å². The summed E-state index contributed by atoms with van der Waals surface area (Å²) in [5.74, 6) is 0. The van der Waals surface area contributed by atoms with Crippen molar-refractivity contribution in [3.05, 3.63) is 59.1 Å². The molecule has 0 unspecified atom stereocenters. The Hall–Kier alpha value is -1.38. The van der Waals surface area contributed by atoms with Crippen molar-refractivity contribution in [2.75, 3.05) is 0 Å². The molecule has 110 valence electrons. The van der Waals surface area contributed by atoms with Crippen molar-refractivity contribution < 1.29 is 18.5 Å². The fourth-order valence-electron chi connectivity index (χ4n) is 1.70. The summed E-state index contributed by atoms with van der Waals surface area (Å²) in [5, 5.41) is 18.3. The summed E-state index contributed by atoms with van der Waals surface area (Å²) in [6, 6.07) is 12.3. The number of sulfonamides is 1. The monoisotopic (exact) mass is 325 g/mol. The van der Waals surface area contributed by atoms with E-state index >= 15 is 0 Å². The zero-order chi connectivity index (χ0) is 15.5. The Kier molecular flexibility index (Phi) is 5.02. The number of benzene rings is 2. The van der Waals surface area contributed by atoms with Crippen LogP contribution in [-0.4, -0.2) is 25.6 Å². The second-order valence-electron chi connectivity index (χ2n) is 4.40. The summed E-state index contributed by atoms with van der Waals surface area (Å²) in [4.78, 5) is 0.0948. The molecule has 21 heavy (non-hydrogen) atoms. The van der Waals surface area contributed by atoms with Gasteiger partial charge < -0.3 is 10.0 Å². The first-order valence-corrected chi connectivity index (χ1v) is 7.95. The Balaban J connectivity index is 2.08. The molecule has 0 aliphatic rings. The Morgan fingerprint density at radius 2 is 1.76 bits per heavy atom. The maximum Gasteiger partial charge on any atom is 0.488 e. The summed E-state index contributed by atoms with van der Waals surface area (Å²) in [7, 11) is -5.18. The molecule has 0 heterocycles. The van der Waals surface area contributed by atoms with Crippen LogP contribution in [0.25, 0.3) is 0 Å². The number of rotatable bonds is 5. The summed E-state index contributed by atoms with van der Waals surface area (Å²) in [5.41, 5.74) is 1.04. The number of hydrogen-bond donors (Lipinski definition) is 3. The van der Waals surface area contributed by atoms with Crippen LogP contribution in [0.3, 0.4) is 0 Å². The maximum absolute atomic E-state index is 12.1. The Labute approximate surface area is 128 Å². The van der Waals surface area contributed by atoms with Crippen molar-refractivity contribution >= 4 is 34.2 Å². The first-order chi connectivity index (χ1) is 9.88. The van der Waals surface area contributed by atoms with E-state index in [1.165, 1.54) is 24.3 Å². The molecule has 0 saturated carbocycles. The normalized spacial score (nSPS) is 11.4. The highest BCUT2D eigenvalue weighted by Gasteiger charge is 2.14. The minimum Gasteiger partial charge on any atom is -0.423 e. The predicted molar refractivity (Wildman–Crippen MR) is 81.7 cm³/mol. The Morgan fingerprint density at radius 1 is 1.10 bits per heavy atom. The van der Waals surface area contributed by atoms with Crippen molar-refractivity contribution in [3.63, 3.8) is 0 Å². The summed E-state index contributed by atoms with van der Waals surface area (Å²) < 4.78 is 26.6. The van der Waals surface area contributed by atoms with Gasteiger partial charge in [-0.3, -0.25) is 0 Å². The summed E-state index contributed by atoms with van der Waals surface area (Å²) >= 11 is 5.78. The van der Waals surface area contributed by atoms with Crippen molar-refractivity contribution in [1.29, 1.82) is 0 Å². The molecule has 2 aromatic carbocycles. The van der Waals surface area contributed by atoms with E-state index in [-0.39, 0.29) is 11.4 Å². The van der Waals surface area contributed by atoms with E-state index in [1.807, 2.05) is 0 Å². The average molecular weight is 326 g/mol. The molecule has 0 radical (unpaired) electrons. The van der Waals surface area contributed by atoms with Crippen molar-refractivity contribution in [3.8, 4) is 0 Å². The highest BCUT2D eigenvalue weighted by Crippen LogP contribution is 2.15. The van der Waals surface area contributed by atoms with Crippen molar-refractivity contribution in [2.45, 2.75) is 11.4 Å². The molecule has 0 bridgehead atoms. The third-order valence-corrected chi connectivity index (χ3v) is 4.48. The van der Waals surface area contributed by atoms with Crippen LogP contribution in [0.4, 0.5) is 0 Å². The van der Waals surface area contributed by atoms with Crippen molar-refractivity contribution in [1.82, 2.24) is 4.72 Å². The lowest BCUT2D eigenvalue weighted by Gasteiger charge is -2.08. The molecule has 0 saturated heterocycles. The third kappa shape index (κ3) is 4.29. The lowest BCUT2D eigenvalue weighted by Crippen LogP contribution is -2.30. The van der Waals surface area contributed by atoms with E-state index in [1.54, 1.807) is 24.3 Å². The lowest BCUT2D eigenvalue weighted by atomic mass is 9.80. The molecule has 0 amide bonds. The number of nitrogens with one attached hydrogen (secondary N) is 1. The van der Waals surface area contributed by atoms with E-state index in [4.69, 9.17) is 21.6 Å². The van der Waals surface area contributed by atoms with Gasteiger partial charge in [-0.05, 0) is 29.2 Å². The molecule has 0 aliphatic carbocycles. The smallest absolute Gasteiger partial charge is 0.423 e. The van der Waals surface area contributed by atoms with E-state index in [0.717, 1.165) is 0 Å². The van der Waals surface area contributed by atoms with Crippen LogP contribution in [-0.2, 0) is 16.6 Å². The van der Waals surface area contributed by atoms with Crippen LogP contribution < -0.4 is 10.2 Å². The summed E-state index contributed by atoms with van der Waals surface area (Å²) in [6.45, 7) is 0.0939. The van der Waals surface area contributed by atoms with E-state index in [0.29, 0.717) is 16.0 Å². The fraction of sp³-hybridized carbons (Fsp3) is 0.0769. The topological polar surface area (TPSA) is 86.6 Å². The molecule has 0 spiro atoms. The zero-order valence-corrected chi connectivity index (χ0v) is 12.5. The zero-order valence-electron chi connectivity index (χ0n) is 10.9. The molecule has 3 N–H and O–H groups in total. The van der Waals surface area contributed by atoms with Crippen LogP contribution in [0.2, 0.25) is 5.02 Å². The molecular formula is C13H13BClNO4S. The molecule has 0 aliphatic heterocycles. The standard InChI is InChI=1S/C13H13BClNO4S/c15-12-2-1-3-13(8-12)21(19,20)16-9-10-4-6-11(7-5-10)14(17)18/h1-8,16-18H,9H2.